The molecule has 9 atom stereocenters. The zero-order valence-electron chi connectivity index (χ0n) is 20.9. The lowest BCUT2D eigenvalue weighted by Crippen LogP contribution is -2.61. The van der Waals surface area contributed by atoms with Crippen molar-refractivity contribution >= 4 is 11.9 Å². The summed E-state index contributed by atoms with van der Waals surface area (Å²) in [5.41, 5.74) is -0.586. The monoisotopic (exact) mass is 479 g/mol. The number of carbonyl (C=O) groups excluding carboxylic acids is 2. The molecule has 4 aliphatic rings. The summed E-state index contributed by atoms with van der Waals surface area (Å²) in [6, 6.07) is 9.91. The van der Waals surface area contributed by atoms with E-state index in [2.05, 4.69) is 50.4 Å². The van der Waals surface area contributed by atoms with E-state index in [4.69, 9.17) is 9.47 Å². The van der Waals surface area contributed by atoms with Gasteiger partial charge in [-0.1, -0.05) is 69.2 Å². The highest BCUT2D eigenvalue weighted by Crippen LogP contribution is 2.63. The summed E-state index contributed by atoms with van der Waals surface area (Å²) in [5.74, 6) is -0.996. The number of benzene rings is 1. The molecule has 3 heterocycles. The van der Waals surface area contributed by atoms with E-state index in [1.807, 2.05) is 18.2 Å². The third-order valence-corrected chi connectivity index (χ3v) is 8.85. The quantitative estimate of drug-likeness (QED) is 0.383. The van der Waals surface area contributed by atoms with Crippen molar-refractivity contribution in [1.82, 2.24) is 5.32 Å². The number of hydrogen-bond donors (Lipinski definition) is 2. The van der Waals surface area contributed by atoms with Crippen molar-refractivity contribution in [3.63, 3.8) is 0 Å². The molecule has 0 radical (unpaired) electrons. The van der Waals surface area contributed by atoms with E-state index in [-0.39, 0.29) is 41.4 Å². The van der Waals surface area contributed by atoms with Gasteiger partial charge in [0.2, 0.25) is 5.60 Å². The number of carbonyl (C=O) groups is 2. The molecule has 3 fully saturated rings. The van der Waals surface area contributed by atoms with Crippen molar-refractivity contribution < 1.29 is 24.2 Å². The molecule has 1 amide bonds. The predicted octanol–water partition coefficient (Wildman–Crippen LogP) is 3.73. The third-order valence-electron chi connectivity index (χ3n) is 8.85. The number of esters is 1. The first kappa shape index (κ1) is 24.3. The summed E-state index contributed by atoms with van der Waals surface area (Å²) in [5, 5.41) is 13.5. The van der Waals surface area contributed by atoms with Crippen molar-refractivity contribution in [3.8, 4) is 0 Å². The molecule has 35 heavy (non-hydrogen) atoms. The molecule has 1 aromatic carbocycles. The van der Waals surface area contributed by atoms with Crippen molar-refractivity contribution in [2.75, 3.05) is 0 Å². The van der Waals surface area contributed by atoms with Crippen LogP contribution in [0, 0.1) is 23.7 Å². The van der Waals surface area contributed by atoms with Gasteiger partial charge in [-0.2, -0.15) is 0 Å². The van der Waals surface area contributed by atoms with Crippen LogP contribution in [0.5, 0.6) is 0 Å². The van der Waals surface area contributed by atoms with Crippen molar-refractivity contribution in [2.45, 2.75) is 82.3 Å². The molecule has 1 unspecified atom stereocenters. The van der Waals surface area contributed by atoms with E-state index in [0.29, 0.717) is 18.8 Å². The van der Waals surface area contributed by atoms with Crippen molar-refractivity contribution in [3.05, 3.63) is 60.2 Å². The van der Waals surface area contributed by atoms with Crippen LogP contribution in [-0.4, -0.2) is 46.4 Å². The molecule has 2 saturated heterocycles. The van der Waals surface area contributed by atoms with Crippen LogP contribution in [0.4, 0.5) is 0 Å². The second kappa shape index (κ2) is 9.21. The number of aliphatic hydroxyl groups is 1. The van der Waals surface area contributed by atoms with E-state index in [1.54, 1.807) is 0 Å². The van der Waals surface area contributed by atoms with Gasteiger partial charge < -0.3 is 19.9 Å². The summed E-state index contributed by atoms with van der Waals surface area (Å²) < 4.78 is 12.5. The van der Waals surface area contributed by atoms with Gasteiger partial charge in [-0.3, -0.25) is 4.79 Å². The molecule has 3 aliphatic heterocycles. The van der Waals surface area contributed by atoms with E-state index in [0.717, 1.165) is 24.8 Å². The first-order chi connectivity index (χ1) is 16.8. The highest BCUT2D eigenvalue weighted by Gasteiger charge is 2.78. The maximum Gasteiger partial charge on any atom is 0.331 e. The fraction of sp³-hybridized carbons (Fsp3) is 0.586. The first-order valence-corrected chi connectivity index (χ1v) is 13.0. The second-order valence-electron chi connectivity index (χ2n) is 11.2. The van der Waals surface area contributed by atoms with E-state index in [1.165, 1.54) is 12.2 Å². The number of hydrogen-bond acceptors (Lipinski definition) is 5. The maximum absolute atomic E-state index is 13.8. The summed E-state index contributed by atoms with van der Waals surface area (Å²) >= 11 is 0. The third kappa shape index (κ3) is 4.25. The number of aliphatic hydroxyl groups excluding tert-OH is 1. The minimum atomic E-state index is -1.35. The lowest BCUT2D eigenvalue weighted by atomic mass is 9.59. The molecule has 0 aromatic heterocycles. The molecule has 1 spiro atoms. The molecule has 1 aromatic rings. The number of epoxide rings is 1. The molecule has 188 valence electrons. The fourth-order valence-electron chi connectivity index (χ4n) is 6.74. The molecule has 1 saturated carbocycles. The van der Waals surface area contributed by atoms with Crippen LogP contribution >= 0.6 is 0 Å². The molecule has 0 bridgehead atoms. The van der Waals surface area contributed by atoms with Crippen LogP contribution < -0.4 is 5.32 Å². The Balaban J connectivity index is 1.56. The standard InChI is InChI=1S/C29H37NO5/c1-18-9-7-13-21(31)15-16-24(32)34-29-22(14-8-10-18)26-28(3,35-26)19(2)25(29)23(30-27(29)33)17-20-11-5-4-6-12-20/h4-6,8,11-12,14-16,18-19,21-23,25-26,31H,7,9-10,13,17H2,1-3H3,(H,30,33)/b14-8+,16-15+/t18-,19+,21-,22?,23+,25+,26+,28-,29-/m1/s1. The van der Waals surface area contributed by atoms with Gasteiger partial charge in [0.15, 0.2) is 0 Å². The average molecular weight is 480 g/mol. The topological polar surface area (TPSA) is 88.2 Å². The normalized spacial score (nSPS) is 45.1. The Kier molecular flexibility index (Phi) is 6.39. The molecule has 6 nitrogen and oxygen atoms in total. The molecular weight excluding hydrogens is 442 g/mol. The van der Waals surface area contributed by atoms with Gasteiger partial charge in [-0.15, -0.1) is 0 Å². The van der Waals surface area contributed by atoms with Gasteiger partial charge >= 0.3 is 5.97 Å². The minimum absolute atomic E-state index is 0.00462. The number of ether oxygens (including phenoxy) is 2. The van der Waals surface area contributed by atoms with Gasteiger partial charge in [0.05, 0.1) is 23.7 Å². The molecule has 2 N–H and O–H groups in total. The second-order valence-corrected chi connectivity index (χ2v) is 11.2. The highest BCUT2D eigenvalue weighted by molar-refractivity contribution is 5.94. The lowest BCUT2D eigenvalue weighted by molar-refractivity contribution is -0.177. The van der Waals surface area contributed by atoms with Gasteiger partial charge in [0.25, 0.3) is 5.91 Å². The molecule has 5 rings (SSSR count). The summed E-state index contributed by atoms with van der Waals surface area (Å²) in [7, 11) is 0. The number of amides is 1. The van der Waals surface area contributed by atoms with Crippen molar-refractivity contribution in [2.24, 2.45) is 23.7 Å². The molecular formula is C29H37NO5. The van der Waals surface area contributed by atoms with E-state index in [9.17, 15) is 14.7 Å². The Bertz CT molecular complexity index is 1020. The summed E-state index contributed by atoms with van der Waals surface area (Å²) in [6.07, 6.45) is 10.1. The average Bonchev–Trinajstić information content (AvgIpc) is 3.45. The Hall–Kier alpha value is -2.44. The van der Waals surface area contributed by atoms with Crippen LogP contribution in [0.3, 0.4) is 0 Å². The van der Waals surface area contributed by atoms with Gasteiger partial charge in [0.1, 0.15) is 0 Å². The molecule has 6 heteroatoms. The smallest absolute Gasteiger partial charge is 0.331 e. The number of fused-ring (bicyclic) bond motifs is 2. The van der Waals surface area contributed by atoms with Crippen LogP contribution in [0.25, 0.3) is 0 Å². The Morgan fingerprint density at radius 1 is 1.11 bits per heavy atom. The van der Waals surface area contributed by atoms with Crippen LogP contribution in [0.15, 0.2) is 54.6 Å². The van der Waals surface area contributed by atoms with Crippen LogP contribution in [0.1, 0.15) is 52.0 Å². The lowest BCUT2D eigenvalue weighted by Gasteiger charge is -2.45. The number of nitrogens with one attached hydrogen (secondary N) is 1. The Morgan fingerprint density at radius 2 is 1.89 bits per heavy atom. The predicted molar refractivity (Wildman–Crippen MR) is 132 cm³/mol. The van der Waals surface area contributed by atoms with E-state index >= 15 is 0 Å². The fourth-order valence-corrected chi connectivity index (χ4v) is 6.74. The zero-order valence-corrected chi connectivity index (χ0v) is 20.9. The zero-order chi connectivity index (χ0) is 24.8. The van der Waals surface area contributed by atoms with Crippen LogP contribution in [0.2, 0.25) is 0 Å². The van der Waals surface area contributed by atoms with Gasteiger partial charge in [-0.05, 0) is 49.7 Å². The van der Waals surface area contributed by atoms with Gasteiger partial charge in [0, 0.05) is 18.0 Å². The summed E-state index contributed by atoms with van der Waals surface area (Å²) in [6.45, 7) is 6.44. The SMILES string of the molecule is C[C@H]1C/C=C/C2[C@@H]3O[C@]3(C)[C@@H](C)[C@H]3[C@H](Cc4ccccc4)NC(=O)[C@@]23OC(=O)/C=C/[C@H](O)CCC1. The first-order valence-electron chi connectivity index (χ1n) is 13.0. The molecule has 1 aliphatic carbocycles. The number of allylic oxidation sites excluding steroid dienone is 1. The highest BCUT2D eigenvalue weighted by atomic mass is 16.6. The maximum atomic E-state index is 13.8. The Labute approximate surface area is 207 Å². The van der Waals surface area contributed by atoms with Gasteiger partial charge in [-0.25, -0.2) is 4.79 Å². The largest absolute Gasteiger partial charge is 0.445 e. The van der Waals surface area contributed by atoms with Crippen molar-refractivity contribution in [1.29, 1.82) is 0 Å². The Morgan fingerprint density at radius 3 is 2.66 bits per heavy atom. The minimum Gasteiger partial charge on any atom is -0.445 e. The van der Waals surface area contributed by atoms with Crippen LogP contribution in [-0.2, 0) is 25.5 Å². The van der Waals surface area contributed by atoms with E-state index < -0.39 is 17.7 Å². The number of rotatable bonds is 2. The summed E-state index contributed by atoms with van der Waals surface area (Å²) in [4.78, 5) is 26.9.